The lowest BCUT2D eigenvalue weighted by Gasteiger charge is -2.21. The molecule has 2 atom stereocenters. The van der Waals surface area contributed by atoms with Gasteiger partial charge >= 0.3 is 12.1 Å². The molecular formula is C28H36N2O5. The Morgan fingerprint density at radius 1 is 0.857 bits per heavy atom. The minimum absolute atomic E-state index is 0.0311. The summed E-state index contributed by atoms with van der Waals surface area (Å²) in [6.07, 6.45) is 3.22. The third kappa shape index (κ3) is 7.31. The summed E-state index contributed by atoms with van der Waals surface area (Å²) in [5.41, 5.74) is 4.61. The van der Waals surface area contributed by atoms with Crippen molar-refractivity contribution in [3.05, 3.63) is 59.7 Å². The molecule has 0 saturated heterocycles. The first kappa shape index (κ1) is 26.3. The fraction of sp³-hybridized carbons (Fsp3) is 0.464. The van der Waals surface area contributed by atoms with Crippen molar-refractivity contribution in [2.75, 3.05) is 6.61 Å². The Kier molecular flexibility index (Phi) is 9.70. The molecule has 0 aromatic heterocycles. The molecule has 3 N–H and O–H groups in total. The highest BCUT2D eigenvalue weighted by Crippen LogP contribution is 2.44. The molecule has 0 radical (unpaired) electrons. The highest BCUT2D eigenvalue weighted by molar-refractivity contribution is 5.80. The summed E-state index contributed by atoms with van der Waals surface area (Å²) >= 11 is 0. The monoisotopic (exact) mass is 480 g/mol. The van der Waals surface area contributed by atoms with Gasteiger partial charge in [0.15, 0.2) is 0 Å². The summed E-state index contributed by atoms with van der Waals surface area (Å²) in [7, 11) is 0. The SMILES string of the molecule is CCCCC(CC(=O)O)NC(=O)CC(CCC)NC(=O)OCC1c2ccccc2-c2ccccc21. The number of carboxylic acids is 1. The van der Waals surface area contributed by atoms with Gasteiger partial charge in [-0.1, -0.05) is 81.6 Å². The van der Waals surface area contributed by atoms with E-state index in [1.165, 1.54) is 0 Å². The van der Waals surface area contributed by atoms with Gasteiger partial charge in [0.05, 0.1) is 6.42 Å². The van der Waals surface area contributed by atoms with Gasteiger partial charge < -0.3 is 20.5 Å². The van der Waals surface area contributed by atoms with Crippen molar-refractivity contribution in [3.63, 3.8) is 0 Å². The third-order valence-corrected chi connectivity index (χ3v) is 6.43. The second-order valence-electron chi connectivity index (χ2n) is 9.16. The van der Waals surface area contributed by atoms with Crippen LogP contribution in [0.1, 0.15) is 75.8 Å². The van der Waals surface area contributed by atoms with E-state index < -0.39 is 18.1 Å². The smallest absolute Gasteiger partial charge is 0.407 e. The number of aliphatic carboxylic acids is 1. The number of ether oxygens (including phenoxy) is 1. The maximum Gasteiger partial charge on any atom is 0.407 e. The number of benzene rings is 2. The van der Waals surface area contributed by atoms with E-state index in [9.17, 15) is 14.4 Å². The summed E-state index contributed by atoms with van der Waals surface area (Å²) in [6.45, 7) is 4.22. The average molecular weight is 481 g/mol. The van der Waals surface area contributed by atoms with E-state index in [4.69, 9.17) is 9.84 Å². The van der Waals surface area contributed by atoms with Gasteiger partial charge in [-0.25, -0.2) is 4.79 Å². The fourth-order valence-corrected chi connectivity index (χ4v) is 4.78. The van der Waals surface area contributed by atoms with Gasteiger partial charge in [0.25, 0.3) is 0 Å². The quantitative estimate of drug-likeness (QED) is 0.364. The van der Waals surface area contributed by atoms with E-state index in [1.807, 2.05) is 38.1 Å². The Labute approximate surface area is 207 Å². The Morgan fingerprint density at radius 2 is 1.46 bits per heavy atom. The van der Waals surface area contributed by atoms with Gasteiger partial charge in [-0.2, -0.15) is 0 Å². The number of hydrogen-bond donors (Lipinski definition) is 3. The Hall–Kier alpha value is -3.35. The van der Waals surface area contributed by atoms with Gasteiger partial charge in [0, 0.05) is 24.4 Å². The molecule has 7 heteroatoms. The van der Waals surface area contributed by atoms with E-state index in [1.54, 1.807) is 0 Å². The number of hydrogen-bond acceptors (Lipinski definition) is 4. The van der Waals surface area contributed by atoms with Crippen molar-refractivity contribution in [2.24, 2.45) is 0 Å². The van der Waals surface area contributed by atoms with Crippen LogP contribution in [0.15, 0.2) is 48.5 Å². The molecule has 0 heterocycles. The molecule has 2 amide bonds. The van der Waals surface area contributed by atoms with Crippen molar-refractivity contribution in [2.45, 2.75) is 76.8 Å². The number of fused-ring (bicyclic) bond motifs is 3. The maximum atomic E-state index is 12.7. The van der Waals surface area contributed by atoms with Crippen LogP contribution in [0.4, 0.5) is 4.79 Å². The zero-order chi connectivity index (χ0) is 25.2. The molecule has 0 bridgehead atoms. The molecule has 188 valence electrons. The molecule has 0 saturated carbocycles. The largest absolute Gasteiger partial charge is 0.481 e. The molecule has 0 spiro atoms. The summed E-state index contributed by atoms with van der Waals surface area (Å²) in [5, 5.41) is 14.8. The first-order valence-electron chi connectivity index (χ1n) is 12.6. The molecule has 2 aromatic rings. The number of amides is 2. The lowest BCUT2D eigenvalue weighted by molar-refractivity contribution is -0.137. The number of carbonyl (C=O) groups excluding carboxylic acids is 2. The first-order chi connectivity index (χ1) is 16.9. The van der Waals surface area contributed by atoms with Crippen LogP contribution >= 0.6 is 0 Å². The standard InChI is InChI=1S/C28H36N2O5/c1-3-5-11-20(17-27(32)33)29-26(31)16-19(10-4-2)30-28(34)35-18-25-23-14-8-6-12-21(23)22-13-7-9-15-24(22)25/h6-9,12-15,19-20,25H,3-5,10-11,16-18H2,1-2H3,(H,29,31)(H,30,34)(H,32,33). The second-order valence-corrected chi connectivity index (χ2v) is 9.16. The van der Waals surface area contributed by atoms with Gasteiger partial charge in [-0.15, -0.1) is 0 Å². The summed E-state index contributed by atoms with van der Waals surface area (Å²) in [4.78, 5) is 36.4. The molecule has 3 rings (SSSR count). The predicted octanol–water partition coefficient (Wildman–Crippen LogP) is 5.23. The molecular weight excluding hydrogens is 444 g/mol. The van der Waals surface area contributed by atoms with Crippen molar-refractivity contribution >= 4 is 18.0 Å². The molecule has 1 aliphatic carbocycles. The number of nitrogens with one attached hydrogen (secondary N) is 2. The van der Waals surface area contributed by atoms with Crippen LogP contribution in [0.2, 0.25) is 0 Å². The number of carbonyl (C=O) groups is 3. The van der Waals surface area contributed by atoms with Crippen LogP contribution in [0.25, 0.3) is 11.1 Å². The van der Waals surface area contributed by atoms with E-state index >= 15 is 0 Å². The van der Waals surface area contributed by atoms with Crippen LogP contribution in [-0.4, -0.2) is 41.8 Å². The predicted molar refractivity (Wildman–Crippen MR) is 135 cm³/mol. The second kappa shape index (κ2) is 12.9. The highest BCUT2D eigenvalue weighted by atomic mass is 16.5. The van der Waals surface area contributed by atoms with Crippen molar-refractivity contribution < 1.29 is 24.2 Å². The zero-order valence-corrected chi connectivity index (χ0v) is 20.6. The lowest BCUT2D eigenvalue weighted by Crippen LogP contribution is -2.43. The Bertz CT molecular complexity index is 976. The number of carboxylic acid groups (broad SMARTS) is 1. The average Bonchev–Trinajstić information content (AvgIpc) is 3.14. The van der Waals surface area contributed by atoms with Crippen LogP contribution in [-0.2, 0) is 14.3 Å². The number of alkyl carbamates (subject to hydrolysis) is 1. The van der Waals surface area contributed by atoms with Crippen molar-refractivity contribution in [1.29, 1.82) is 0 Å². The fourth-order valence-electron chi connectivity index (χ4n) is 4.78. The summed E-state index contributed by atoms with van der Waals surface area (Å²) in [5.74, 6) is -1.23. The van der Waals surface area contributed by atoms with E-state index in [-0.39, 0.29) is 37.3 Å². The molecule has 7 nitrogen and oxygen atoms in total. The van der Waals surface area contributed by atoms with Crippen molar-refractivity contribution in [1.82, 2.24) is 10.6 Å². The molecule has 35 heavy (non-hydrogen) atoms. The minimum atomic E-state index is -0.937. The Morgan fingerprint density at radius 3 is 2.03 bits per heavy atom. The van der Waals surface area contributed by atoms with E-state index in [0.717, 1.165) is 41.5 Å². The van der Waals surface area contributed by atoms with Crippen LogP contribution in [0.3, 0.4) is 0 Å². The number of rotatable bonds is 13. The van der Waals surface area contributed by atoms with E-state index in [2.05, 4.69) is 34.9 Å². The minimum Gasteiger partial charge on any atom is -0.481 e. The normalized spacial score (nSPS) is 13.9. The topological polar surface area (TPSA) is 105 Å². The van der Waals surface area contributed by atoms with Crippen molar-refractivity contribution in [3.8, 4) is 11.1 Å². The van der Waals surface area contributed by atoms with Gasteiger partial charge in [-0.05, 0) is 35.1 Å². The van der Waals surface area contributed by atoms with Gasteiger partial charge in [-0.3, -0.25) is 9.59 Å². The maximum absolute atomic E-state index is 12.7. The van der Waals surface area contributed by atoms with Crippen LogP contribution in [0, 0.1) is 0 Å². The van der Waals surface area contributed by atoms with Gasteiger partial charge in [0.2, 0.25) is 5.91 Å². The highest BCUT2D eigenvalue weighted by Gasteiger charge is 2.29. The van der Waals surface area contributed by atoms with Crippen LogP contribution in [0.5, 0.6) is 0 Å². The Balaban J connectivity index is 1.56. The summed E-state index contributed by atoms with van der Waals surface area (Å²) < 4.78 is 5.63. The lowest BCUT2D eigenvalue weighted by atomic mass is 9.98. The molecule has 2 aromatic carbocycles. The molecule has 0 aliphatic heterocycles. The molecule has 2 unspecified atom stereocenters. The molecule has 0 fully saturated rings. The van der Waals surface area contributed by atoms with E-state index in [0.29, 0.717) is 12.8 Å². The molecule has 1 aliphatic rings. The third-order valence-electron chi connectivity index (χ3n) is 6.43. The first-order valence-corrected chi connectivity index (χ1v) is 12.6. The number of unbranched alkanes of at least 4 members (excludes halogenated alkanes) is 1. The summed E-state index contributed by atoms with van der Waals surface area (Å²) in [6, 6.07) is 15.5. The van der Waals surface area contributed by atoms with Gasteiger partial charge in [0.1, 0.15) is 6.61 Å². The zero-order valence-electron chi connectivity index (χ0n) is 20.6. The van der Waals surface area contributed by atoms with Crippen LogP contribution < -0.4 is 10.6 Å².